The Labute approximate surface area is 105 Å². The van der Waals surface area contributed by atoms with Gasteiger partial charge in [-0.2, -0.15) is 5.10 Å². The number of hydrogen-bond donors (Lipinski definition) is 1. The second kappa shape index (κ2) is 5.20. The summed E-state index contributed by atoms with van der Waals surface area (Å²) in [6.07, 6.45) is 2.64. The second-order valence-corrected chi connectivity index (χ2v) is 4.31. The molecule has 1 aliphatic rings. The van der Waals surface area contributed by atoms with Crippen LogP contribution in [-0.4, -0.2) is 32.7 Å². The van der Waals surface area contributed by atoms with Gasteiger partial charge in [-0.25, -0.2) is 9.48 Å². The fraction of sp³-hybridized carbons (Fsp3) is 0.583. The van der Waals surface area contributed by atoms with Gasteiger partial charge >= 0.3 is 5.97 Å². The van der Waals surface area contributed by atoms with E-state index in [2.05, 4.69) is 5.10 Å². The number of aromatic nitrogens is 2. The van der Waals surface area contributed by atoms with E-state index in [1.165, 1.54) is 10.7 Å². The zero-order valence-corrected chi connectivity index (χ0v) is 10.3. The second-order valence-electron chi connectivity index (χ2n) is 4.31. The number of aryl methyl sites for hydroxylation is 1. The van der Waals surface area contributed by atoms with Crippen LogP contribution in [0.1, 0.15) is 43.1 Å². The van der Waals surface area contributed by atoms with Gasteiger partial charge in [-0.15, -0.1) is 0 Å². The minimum atomic E-state index is -1.10. The minimum Gasteiger partial charge on any atom is -0.476 e. The van der Waals surface area contributed by atoms with Crippen LogP contribution in [0.2, 0.25) is 0 Å². The molecule has 1 aromatic heterocycles. The van der Waals surface area contributed by atoms with Crippen molar-refractivity contribution in [3.63, 3.8) is 0 Å². The molecular formula is C12H16N2O4. The van der Waals surface area contributed by atoms with Crippen molar-refractivity contribution >= 4 is 11.8 Å². The number of ketones is 1. The van der Waals surface area contributed by atoms with E-state index in [0.717, 1.165) is 12.8 Å². The maximum absolute atomic E-state index is 11.7. The average Bonchev–Trinajstić information content (AvgIpc) is 2.75. The van der Waals surface area contributed by atoms with Gasteiger partial charge in [0.15, 0.2) is 17.6 Å². The lowest BCUT2D eigenvalue weighted by Crippen LogP contribution is -2.31. The third-order valence-corrected chi connectivity index (χ3v) is 3.02. The van der Waals surface area contributed by atoms with Crippen LogP contribution in [0.5, 0.6) is 5.88 Å². The molecule has 1 saturated carbocycles. The highest BCUT2D eigenvalue weighted by Crippen LogP contribution is 2.22. The van der Waals surface area contributed by atoms with E-state index >= 15 is 0 Å². The Kier molecular flexibility index (Phi) is 3.64. The molecule has 1 aliphatic carbocycles. The van der Waals surface area contributed by atoms with E-state index in [0.29, 0.717) is 25.3 Å². The number of Topliss-reactive ketones (excluding diaryl/α,β-unsaturated/α-hetero) is 1. The fourth-order valence-electron chi connectivity index (χ4n) is 2.05. The van der Waals surface area contributed by atoms with Crippen molar-refractivity contribution < 1.29 is 19.4 Å². The lowest BCUT2D eigenvalue weighted by molar-refractivity contribution is -0.128. The number of hydrogen-bond acceptors (Lipinski definition) is 4. The lowest BCUT2D eigenvalue weighted by atomic mass is 9.96. The molecule has 1 N–H and O–H groups in total. The first-order chi connectivity index (χ1) is 8.61. The van der Waals surface area contributed by atoms with E-state index in [1.807, 2.05) is 6.92 Å². The van der Waals surface area contributed by atoms with E-state index in [9.17, 15) is 9.59 Å². The molecule has 1 aromatic rings. The fourth-order valence-corrected chi connectivity index (χ4v) is 2.05. The third kappa shape index (κ3) is 2.52. The van der Waals surface area contributed by atoms with E-state index in [-0.39, 0.29) is 11.5 Å². The molecule has 0 aromatic carbocycles. The minimum absolute atomic E-state index is 0.0601. The van der Waals surface area contributed by atoms with Crippen LogP contribution in [0.25, 0.3) is 0 Å². The standard InChI is InChI=1S/C12H16N2O4/c1-2-14-11(7-8(13-14)12(16)17)18-10-6-4-3-5-9(10)15/h7,10H,2-6H2,1H3,(H,16,17). The molecule has 1 atom stereocenters. The van der Waals surface area contributed by atoms with Crippen LogP contribution in [0.3, 0.4) is 0 Å². The molecule has 0 radical (unpaired) electrons. The van der Waals surface area contributed by atoms with Crippen molar-refractivity contribution in [2.75, 3.05) is 0 Å². The van der Waals surface area contributed by atoms with Gasteiger partial charge < -0.3 is 9.84 Å². The Bertz CT molecular complexity index is 467. The normalized spacial score (nSPS) is 19.8. The smallest absolute Gasteiger partial charge is 0.356 e. The van der Waals surface area contributed by atoms with Crippen LogP contribution in [0.4, 0.5) is 0 Å². The highest BCUT2D eigenvalue weighted by Gasteiger charge is 2.25. The van der Waals surface area contributed by atoms with Crippen molar-refractivity contribution in [1.29, 1.82) is 0 Å². The number of carboxylic acids is 1. The van der Waals surface area contributed by atoms with Crippen molar-refractivity contribution in [3.8, 4) is 5.88 Å². The van der Waals surface area contributed by atoms with Gasteiger partial charge in [0.2, 0.25) is 5.88 Å². The first-order valence-electron chi connectivity index (χ1n) is 6.12. The average molecular weight is 252 g/mol. The Balaban J connectivity index is 2.16. The number of carboxylic acid groups (broad SMARTS) is 1. The molecule has 0 saturated heterocycles. The zero-order chi connectivity index (χ0) is 13.1. The monoisotopic (exact) mass is 252 g/mol. The van der Waals surface area contributed by atoms with E-state index < -0.39 is 12.1 Å². The highest BCUT2D eigenvalue weighted by atomic mass is 16.5. The summed E-state index contributed by atoms with van der Waals surface area (Å²) in [6, 6.07) is 1.37. The number of aromatic carboxylic acids is 1. The molecule has 1 unspecified atom stereocenters. The Morgan fingerprint density at radius 1 is 1.61 bits per heavy atom. The number of nitrogens with zero attached hydrogens (tertiary/aromatic N) is 2. The van der Waals surface area contributed by atoms with E-state index in [4.69, 9.17) is 9.84 Å². The largest absolute Gasteiger partial charge is 0.476 e. The molecule has 0 bridgehead atoms. The zero-order valence-electron chi connectivity index (χ0n) is 10.3. The summed E-state index contributed by atoms with van der Waals surface area (Å²) in [5.74, 6) is -0.654. The first kappa shape index (κ1) is 12.6. The van der Waals surface area contributed by atoms with Gasteiger partial charge in [0.25, 0.3) is 0 Å². The molecule has 0 spiro atoms. The predicted octanol–water partition coefficient (Wildman–Crippen LogP) is 1.49. The van der Waals surface area contributed by atoms with Gasteiger partial charge in [0, 0.05) is 19.0 Å². The number of ether oxygens (including phenoxy) is 1. The van der Waals surface area contributed by atoms with Crippen molar-refractivity contribution in [3.05, 3.63) is 11.8 Å². The number of carbonyl (C=O) groups excluding carboxylic acids is 1. The highest BCUT2D eigenvalue weighted by molar-refractivity contribution is 5.86. The van der Waals surface area contributed by atoms with Crippen molar-refractivity contribution in [1.82, 2.24) is 9.78 Å². The van der Waals surface area contributed by atoms with Gasteiger partial charge in [-0.1, -0.05) is 0 Å². The van der Waals surface area contributed by atoms with E-state index in [1.54, 1.807) is 0 Å². The lowest BCUT2D eigenvalue weighted by Gasteiger charge is -2.21. The van der Waals surface area contributed by atoms with Crippen LogP contribution >= 0.6 is 0 Å². The molecule has 6 heteroatoms. The topological polar surface area (TPSA) is 81.4 Å². The number of carbonyl (C=O) groups is 2. The summed E-state index contributed by atoms with van der Waals surface area (Å²) in [5, 5.41) is 12.8. The SMILES string of the molecule is CCn1nc(C(=O)O)cc1OC1CCCCC1=O. The maximum Gasteiger partial charge on any atom is 0.356 e. The van der Waals surface area contributed by atoms with Gasteiger partial charge in [0.1, 0.15) is 0 Å². The Hall–Kier alpha value is -1.85. The third-order valence-electron chi connectivity index (χ3n) is 3.02. The Morgan fingerprint density at radius 3 is 3.00 bits per heavy atom. The van der Waals surface area contributed by atoms with Crippen molar-refractivity contribution in [2.24, 2.45) is 0 Å². The van der Waals surface area contributed by atoms with Gasteiger partial charge in [-0.3, -0.25) is 4.79 Å². The number of rotatable bonds is 4. The summed E-state index contributed by atoms with van der Waals surface area (Å²) < 4.78 is 7.07. The predicted molar refractivity (Wildman–Crippen MR) is 62.8 cm³/mol. The summed E-state index contributed by atoms with van der Waals surface area (Å²) in [5.41, 5.74) is -0.0601. The molecule has 1 heterocycles. The molecule has 6 nitrogen and oxygen atoms in total. The first-order valence-corrected chi connectivity index (χ1v) is 6.12. The summed E-state index contributed by atoms with van der Waals surface area (Å²) in [7, 11) is 0. The van der Waals surface area contributed by atoms with Crippen LogP contribution in [0, 0.1) is 0 Å². The molecule has 98 valence electrons. The maximum atomic E-state index is 11.7. The van der Waals surface area contributed by atoms with Crippen molar-refractivity contribution in [2.45, 2.75) is 45.3 Å². The van der Waals surface area contributed by atoms with Crippen LogP contribution < -0.4 is 4.74 Å². The molecule has 0 aliphatic heterocycles. The quantitative estimate of drug-likeness (QED) is 0.878. The molecular weight excluding hydrogens is 236 g/mol. The molecule has 2 rings (SSSR count). The molecule has 0 amide bonds. The molecule has 1 fully saturated rings. The Morgan fingerprint density at radius 2 is 2.39 bits per heavy atom. The van der Waals surface area contributed by atoms with Crippen LogP contribution in [-0.2, 0) is 11.3 Å². The van der Waals surface area contributed by atoms with Gasteiger partial charge in [-0.05, 0) is 26.2 Å². The summed E-state index contributed by atoms with van der Waals surface area (Å²) in [4.78, 5) is 22.5. The summed E-state index contributed by atoms with van der Waals surface area (Å²) in [6.45, 7) is 2.34. The summed E-state index contributed by atoms with van der Waals surface area (Å²) >= 11 is 0. The van der Waals surface area contributed by atoms with Gasteiger partial charge in [0.05, 0.1) is 0 Å². The van der Waals surface area contributed by atoms with Crippen LogP contribution in [0.15, 0.2) is 6.07 Å². The molecule has 18 heavy (non-hydrogen) atoms.